The summed E-state index contributed by atoms with van der Waals surface area (Å²) in [6.07, 6.45) is -0.0843. The molecule has 0 aliphatic carbocycles. The van der Waals surface area contributed by atoms with E-state index in [9.17, 15) is 14.4 Å². The number of aryl methyl sites for hydroxylation is 2. The molecule has 0 saturated carbocycles. The number of hydrogen-bond donors (Lipinski definition) is 1. The van der Waals surface area contributed by atoms with Gasteiger partial charge in [0, 0.05) is 11.6 Å². The van der Waals surface area contributed by atoms with Gasteiger partial charge in [-0.3, -0.25) is 14.4 Å². The smallest absolute Gasteiger partial charge is 0.311 e. The fourth-order valence-electron chi connectivity index (χ4n) is 2.20. The van der Waals surface area contributed by atoms with Crippen molar-refractivity contribution in [2.45, 2.75) is 25.4 Å². The first kappa shape index (κ1) is 17.9. The van der Waals surface area contributed by atoms with Crippen LogP contribution in [0.4, 0.5) is 0 Å². The molecule has 1 heterocycles. The van der Waals surface area contributed by atoms with E-state index in [0.717, 1.165) is 22.9 Å². The number of aromatic nitrogens is 2. The normalized spacial score (nSPS) is 10.5. The second-order valence-corrected chi connectivity index (χ2v) is 6.29. The number of benzene rings is 1. The van der Waals surface area contributed by atoms with Gasteiger partial charge in [-0.15, -0.1) is 0 Å². The summed E-state index contributed by atoms with van der Waals surface area (Å²) < 4.78 is 4.56. The molecule has 2 aromatic rings. The maximum Gasteiger partial charge on any atom is 0.311 e. The lowest BCUT2D eigenvalue weighted by Crippen LogP contribution is -2.14. The second-order valence-electron chi connectivity index (χ2n) is 5.33. The summed E-state index contributed by atoms with van der Waals surface area (Å²) in [6.45, 7) is 3.86. The van der Waals surface area contributed by atoms with E-state index >= 15 is 0 Å². The minimum atomic E-state index is -0.476. The number of nitrogens with one attached hydrogen (secondary N) is 1. The monoisotopic (exact) mass is 346 g/mol. The Kier molecular flexibility index (Phi) is 5.92. The largest absolute Gasteiger partial charge is 0.469 e. The van der Waals surface area contributed by atoms with Crippen molar-refractivity contribution < 1.29 is 14.3 Å². The minimum absolute atomic E-state index is 0.0430. The molecule has 1 aromatic carbocycles. The first-order chi connectivity index (χ1) is 11.4. The van der Waals surface area contributed by atoms with Crippen LogP contribution in [0.5, 0.6) is 0 Å². The highest BCUT2D eigenvalue weighted by molar-refractivity contribution is 7.99. The van der Waals surface area contributed by atoms with Gasteiger partial charge in [0.15, 0.2) is 10.9 Å². The predicted octanol–water partition coefficient (Wildman–Crippen LogP) is 2.08. The van der Waals surface area contributed by atoms with Gasteiger partial charge in [0.05, 0.1) is 25.0 Å². The first-order valence-corrected chi connectivity index (χ1v) is 8.28. The number of carbonyl (C=O) groups is 2. The Morgan fingerprint density at radius 2 is 2.00 bits per heavy atom. The lowest BCUT2D eigenvalue weighted by atomic mass is 10.0. The Bertz CT molecular complexity index is 830. The fraction of sp³-hybridized carbons (Fsp3) is 0.294. The summed E-state index contributed by atoms with van der Waals surface area (Å²) in [5.41, 5.74) is 2.61. The number of H-pyrrole nitrogens is 1. The van der Waals surface area contributed by atoms with Crippen molar-refractivity contribution in [3.63, 3.8) is 0 Å². The Labute approximate surface area is 143 Å². The van der Waals surface area contributed by atoms with Crippen molar-refractivity contribution in [2.24, 2.45) is 0 Å². The maximum absolute atomic E-state index is 12.3. The summed E-state index contributed by atoms with van der Waals surface area (Å²) >= 11 is 1.13. The SMILES string of the molecule is COC(=O)Cc1cc(=O)[nH]c(SCC(=O)c2ccc(C)cc2C)n1. The highest BCUT2D eigenvalue weighted by atomic mass is 32.2. The number of esters is 1. The summed E-state index contributed by atoms with van der Waals surface area (Å²) in [6, 6.07) is 6.89. The van der Waals surface area contributed by atoms with E-state index in [-0.39, 0.29) is 23.5 Å². The molecule has 0 spiro atoms. The zero-order valence-corrected chi connectivity index (χ0v) is 14.5. The molecular weight excluding hydrogens is 328 g/mol. The number of hydrogen-bond acceptors (Lipinski definition) is 6. The van der Waals surface area contributed by atoms with Crippen LogP contribution in [0.25, 0.3) is 0 Å². The minimum Gasteiger partial charge on any atom is -0.469 e. The fourth-order valence-corrected chi connectivity index (χ4v) is 2.98. The van der Waals surface area contributed by atoms with E-state index in [2.05, 4.69) is 14.7 Å². The van der Waals surface area contributed by atoms with E-state index in [1.807, 2.05) is 26.0 Å². The lowest BCUT2D eigenvalue weighted by Gasteiger charge is -2.06. The molecular formula is C17H18N2O4S. The molecule has 0 aliphatic heterocycles. The molecule has 0 saturated heterocycles. The van der Waals surface area contributed by atoms with Gasteiger partial charge in [0.25, 0.3) is 5.56 Å². The van der Waals surface area contributed by atoms with Crippen LogP contribution in [0.1, 0.15) is 27.2 Å². The summed E-state index contributed by atoms with van der Waals surface area (Å²) in [7, 11) is 1.27. The molecule has 0 aliphatic rings. The van der Waals surface area contributed by atoms with Crippen LogP contribution in [-0.4, -0.2) is 34.6 Å². The Hall–Kier alpha value is -2.41. The van der Waals surface area contributed by atoms with E-state index in [1.54, 1.807) is 6.07 Å². The highest BCUT2D eigenvalue weighted by Crippen LogP contribution is 2.17. The van der Waals surface area contributed by atoms with Crippen molar-refractivity contribution in [3.8, 4) is 0 Å². The zero-order chi connectivity index (χ0) is 17.7. The second kappa shape index (κ2) is 7.92. The van der Waals surface area contributed by atoms with E-state index in [0.29, 0.717) is 16.4 Å². The summed E-state index contributed by atoms with van der Waals surface area (Å²) in [5.74, 6) is -0.372. The number of nitrogens with zero attached hydrogens (tertiary/aromatic N) is 1. The topological polar surface area (TPSA) is 89.1 Å². The highest BCUT2D eigenvalue weighted by Gasteiger charge is 2.12. The van der Waals surface area contributed by atoms with Crippen molar-refractivity contribution in [1.82, 2.24) is 9.97 Å². The van der Waals surface area contributed by atoms with E-state index in [1.165, 1.54) is 13.2 Å². The predicted molar refractivity (Wildman–Crippen MR) is 91.5 cm³/mol. The van der Waals surface area contributed by atoms with Gasteiger partial charge in [-0.25, -0.2) is 4.98 Å². The summed E-state index contributed by atoms with van der Waals surface area (Å²) in [4.78, 5) is 42.0. The molecule has 1 N–H and O–H groups in total. The van der Waals surface area contributed by atoms with Crippen LogP contribution < -0.4 is 5.56 Å². The molecule has 0 atom stereocenters. The lowest BCUT2D eigenvalue weighted by molar-refractivity contribution is -0.139. The van der Waals surface area contributed by atoms with Gasteiger partial charge < -0.3 is 9.72 Å². The van der Waals surface area contributed by atoms with Gasteiger partial charge in [-0.05, 0) is 19.4 Å². The van der Waals surface area contributed by atoms with Crippen molar-refractivity contribution >= 4 is 23.5 Å². The van der Waals surface area contributed by atoms with Crippen molar-refractivity contribution in [1.29, 1.82) is 0 Å². The average Bonchev–Trinajstić information content (AvgIpc) is 2.52. The van der Waals surface area contributed by atoms with Gasteiger partial charge in [0.1, 0.15) is 0 Å². The Morgan fingerprint density at radius 3 is 2.67 bits per heavy atom. The third kappa shape index (κ3) is 4.79. The Morgan fingerprint density at radius 1 is 1.25 bits per heavy atom. The number of ether oxygens (including phenoxy) is 1. The molecule has 0 bridgehead atoms. The van der Waals surface area contributed by atoms with Crippen LogP contribution in [-0.2, 0) is 16.0 Å². The van der Waals surface area contributed by atoms with Gasteiger partial charge in [-0.2, -0.15) is 0 Å². The maximum atomic E-state index is 12.3. The average molecular weight is 346 g/mol. The molecule has 7 heteroatoms. The van der Waals surface area contributed by atoms with Crippen LogP contribution in [0, 0.1) is 13.8 Å². The summed E-state index contributed by atoms with van der Waals surface area (Å²) in [5, 5.41) is 0.305. The van der Waals surface area contributed by atoms with Crippen LogP contribution in [0.15, 0.2) is 34.2 Å². The van der Waals surface area contributed by atoms with E-state index < -0.39 is 5.97 Å². The number of aromatic amines is 1. The van der Waals surface area contributed by atoms with Crippen LogP contribution >= 0.6 is 11.8 Å². The molecule has 0 fully saturated rings. The molecule has 0 unspecified atom stereocenters. The molecule has 126 valence electrons. The number of thioether (sulfide) groups is 1. The molecule has 0 radical (unpaired) electrons. The first-order valence-electron chi connectivity index (χ1n) is 7.29. The van der Waals surface area contributed by atoms with Crippen molar-refractivity contribution in [2.75, 3.05) is 12.9 Å². The zero-order valence-electron chi connectivity index (χ0n) is 13.7. The van der Waals surface area contributed by atoms with Gasteiger partial charge >= 0.3 is 5.97 Å². The number of Topliss-reactive ketones (excluding diaryl/α,β-unsaturated/α-hetero) is 1. The molecule has 1 aromatic heterocycles. The Balaban J connectivity index is 2.09. The van der Waals surface area contributed by atoms with E-state index in [4.69, 9.17) is 0 Å². The number of rotatable bonds is 6. The number of carbonyl (C=O) groups excluding carboxylic acids is 2. The molecule has 0 amide bonds. The third-order valence-electron chi connectivity index (χ3n) is 3.35. The third-order valence-corrected chi connectivity index (χ3v) is 4.22. The quantitative estimate of drug-likeness (QED) is 0.373. The van der Waals surface area contributed by atoms with Gasteiger partial charge in [0.2, 0.25) is 0 Å². The number of methoxy groups -OCH3 is 1. The van der Waals surface area contributed by atoms with Gasteiger partial charge in [-0.1, -0.05) is 35.5 Å². The molecule has 24 heavy (non-hydrogen) atoms. The molecule has 2 rings (SSSR count). The van der Waals surface area contributed by atoms with Crippen molar-refractivity contribution in [3.05, 3.63) is 57.0 Å². The standard InChI is InChI=1S/C17H18N2O4S/c1-10-4-5-13(11(2)6-10)14(20)9-24-17-18-12(7-15(21)19-17)8-16(22)23-3/h4-7H,8-9H2,1-3H3,(H,18,19,21). The van der Waals surface area contributed by atoms with Crippen LogP contribution in [0.2, 0.25) is 0 Å². The number of ketones is 1. The van der Waals surface area contributed by atoms with Crippen LogP contribution in [0.3, 0.4) is 0 Å². The molecule has 6 nitrogen and oxygen atoms in total.